The molecule has 0 radical (unpaired) electrons. The van der Waals surface area contributed by atoms with Gasteiger partial charge in [-0.1, -0.05) is 34.6 Å². The summed E-state index contributed by atoms with van der Waals surface area (Å²) in [7, 11) is -0.402. The lowest BCUT2D eigenvalue weighted by atomic mass is 9.73. The fourth-order valence-corrected chi connectivity index (χ4v) is 8.69. The summed E-state index contributed by atoms with van der Waals surface area (Å²) in [6.07, 6.45) is -1.43. The summed E-state index contributed by atoms with van der Waals surface area (Å²) in [4.78, 5) is 46.6. The quantitative estimate of drug-likeness (QED) is 0.187. The normalized spacial score (nSPS) is 26.6. The molecule has 0 saturated heterocycles. The molecule has 7 unspecified atom stereocenters. The number of nitrogens with one attached hydrogen (secondary N) is 2. The molecule has 0 aromatic rings. The van der Waals surface area contributed by atoms with Crippen LogP contribution in [-0.2, 0) is 24.4 Å². The van der Waals surface area contributed by atoms with Crippen LogP contribution >= 0.6 is 0 Å². The van der Waals surface area contributed by atoms with Crippen molar-refractivity contribution >= 4 is 27.7 Å². The van der Waals surface area contributed by atoms with Gasteiger partial charge in [-0.25, -0.2) is 22.2 Å². The zero-order valence-corrected chi connectivity index (χ0v) is 30.4. The number of alkyl halides is 2. The van der Waals surface area contributed by atoms with E-state index in [1.54, 1.807) is 39.8 Å². The van der Waals surface area contributed by atoms with Crippen LogP contribution in [0.3, 0.4) is 0 Å². The highest BCUT2D eigenvalue weighted by molar-refractivity contribution is 7.89. The summed E-state index contributed by atoms with van der Waals surface area (Å²) in [5, 5.41) is 15.7. The lowest BCUT2D eigenvalue weighted by molar-refractivity contribution is -0.143. The molecule has 3 amide bonds. The summed E-state index contributed by atoms with van der Waals surface area (Å²) in [6, 6.07) is -0.940. The van der Waals surface area contributed by atoms with E-state index in [-0.39, 0.29) is 75.1 Å². The van der Waals surface area contributed by atoms with E-state index in [1.165, 1.54) is 9.91 Å². The van der Waals surface area contributed by atoms with Crippen LogP contribution in [0.5, 0.6) is 0 Å². The highest BCUT2D eigenvalue weighted by Crippen LogP contribution is 2.37. The van der Waals surface area contributed by atoms with Crippen molar-refractivity contribution < 1.29 is 36.7 Å². The van der Waals surface area contributed by atoms with Crippen molar-refractivity contribution in [3.8, 4) is 0 Å². The number of aliphatic hydroxyl groups is 1. The Labute approximate surface area is 281 Å². The maximum atomic E-state index is 14.4. The van der Waals surface area contributed by atoms with Gasteiger partial charge in [0, 0.05) is 64.4 Å². The van der Waals surface area contributed by atoms with Crippen molar-refractivity contribution in [1.29, 1.82) is 0 Å². The van der Waals surface area contributed by atoms with Gasteiger partial charge < -0.3 is 20.2 Å². The smallest absolute Gasteiger partial charge is 0.225 e. The number of carbonyl (C=O) groups is 3. The summed E-state index contributed by atoms with van der Waals surface area (Å²) >= 11 is 0. The van der Waals surface area contributed by atoms with E-state index in [2.05, 4.69) is 10.1 Å². The molecule has 3 N–H and O–H groups in total. The van der Waals surface area contributed by atoms with Crippen molar-refractivity contribution in [2.75, 3.05) is 46.0 Å². The summed E-state index contributed by atoms with van der Waals surface area (Å²) in [5.74, 6) is -3.12. The van der Waals surface area contributed by atoms with Gasteiger partial charge in [-0.05, 0) is 63.2 Å². The van der Waals surface area contributed by atoms with Crippen molar-refractivity contribution in [2.24, 2.45) is 29.6 Å². The Kier molecular flexibility index (Phi) is 17.0. The number of rotatable bonds is 18. The van der Waals surface area contributed by atoms with Crippen LogP contribution in [-0.4, -0.2) is 117 Å². The number of carbonyl (C=O) groups excluding carboxylic acids is 3. The molecule has 2 aliphatic rings. The summed E-state index contributed by atoms with van der Waals surface area (Å²) in [5.41, 5.74) is 0. The SMILES string of the molecule is CCCN(CCC)C(=O)C1CC(C(=O)NC(CC2CC(F)CC(F)C2)C(O)CN(CC)NS(=O)(=O)CC(C)C)CC(C(=O)N(C)C)C1. The first kappa shape index (κ1) is 41.3. The minimum Gasteiger partial charge on any atom is -0.390 e. The van der Waals surface area contributed by atoms with Crippen LogP contribution < -0.4 is 10.1 Å². The molecular weight excluding hydrogens is 632 g/mol. The number of nitrogens with zero attached hydrogens (tertiary/aromatic N) is 3. The average Bonchev–Trinajstić information content (AvgIpc) is 2.97. The van der Waals surface area contributed by atoms with E-state index >= 15 is 0 Å². The van der Waals surface area contributed by atoms with Crippen molar-refractivity contribution in [1.82, 2.24) is 25.0 Å². The first-order chi connectivity index (χ1) is 22.0. The lowest BCUT2D eigenvalue weighted by Gasteiger charge is -2.38. The van der Waals surface area contributed by atoms with E-state index in [4.69, 9.17) is 0 Å². The van der Waals surface area contributed by atoms with Gasteiger partial charge >= 0.3 is 0 Å². The lowest BCUT2D eigenvalue weighted by Crippen LogP contribution is -2.55. The highest BCUT2D eigenvalue weighted by atomic mass is 32.2. The van der Waals surface area contributed by atoms with E-state index in [1.807, 2.05) is 13.8 Å². The molecule has 0 bridgehead atoms. The Morgan fingerprint density at radius 1 is 0.851 bits per heavy atom. The van der Waals surface area contributed by atoms with Crippen molar-refractivity contribution in [3.63, 3.8) is 0 Å². The molecule has 274 valence electrons. The van der Waals surface area contributed by atoms with E-state index in [0.717, 1.165) is 12.8 Å². The Balaban J connectivity index is 2.33. The number of halogens is 2. The minimum atomic E-state index is -3.69. The van der Waals surface area contributed by atoms with Crippen LogP contribution in [0.25, 0.3) is 0 Å². The van der Waals surface area contributed by atoms with Gasteiger partial charge in [-0.15, -0.1) is 4.83 Å². The molecule has 0 spiro atoms. The number of likely N-dealkylation sites (N-methyl/N-ethyl adjacent to an activating group) is 1. The molecule has 2 fully saturated rings. The molecule has 2 saturated carbocycles. The molecule has 2 rings (SSSR count). The maximum absolute atomic E-state index is 14.4. The number of sulfonamides is 1. The fourth-order valence-electron chi connectivity index (χ4n) is 7.14. The molecule has 0 aromatic carbocycles. The third-order valence-corrected chi connectivity index (χ3v) is 10.8. The Bertz CT molecular complexity index is 1100. The Morgan fingerprint density at radius 2 is 1.38 bits per heavy atom. The predicted molar refractivity (Wildman–Crippen MR) is 179 cm³/mol. The Hall–Kier alpha value is -1.90. The maximum Gasteiger partial charge on any atom is 0.225 e. The van der Waals surface area contributed by atoms with E-state index in [0.29, 0.717) is 19.5 Å². The topological polar surface area (TPSA) is 139 Å². The van der Waals surface area contributed by atoms with Gasteiger partial charge in [-0.2, -0.15) is 0 Å². The van der Waals surface area contributed by atoms with Crippen LogP contribution in [0, 0.1) is 29.6 Å². The fraction of sp³-hybridized carbons (Fsp3) is 0.909. The van der Waals surface area contributed by atoms with Crippen molar-refractivity contribution in [2.45, 2.75) is 117 Å². The van der Waals surface area contributed by atoms with Gasteiger partial charge in [-0.3, -0.25) is 14.4 Å². The third kappa shape index (κ3) is 13.5. The van der Waals surface area contributed by atoms with E-state index < -0.39 is 64.1 Å². The molecule has 11 nitrogen and oxygen atoms in total. The molecule has 14 heteroatoms. The van der Waals surface area contributed by atoms with Gasteiger partial charge in [0.15, 0.2) is 0 Å². The second-order valence-electron chi connectivity index (χ2n) is 14.3. The standard InChI is InChI=1S/C33H61F2N5O6S/c1-8-11-39(12-9-2)33(44)26-17-24(16-25(18-26)32(43)38(6)7)31(42)36-29(15-23-13-27(34)19-28(35)14-23)30(41)20-40(10-3)37-47(45,46)21-22(4)5/h22-30,37,41H,8-21H2,1-7H3,(H,36,42). The molecule has 2 aliphatic carbocycles. The number of amides is 3. The number of hydrogen-bond acceptors (Lipinski definition) is 7. The van der Waals surface area contributed by atoms with Gasteiger partial charge in [0.05, 0.1) is 17.9 Å². The second-order valence-corrected chi connectivity index (χ2v) is 16.1. The molecule has 47 heavy (non-hydrogen) atoms. The third-order valence-electron chi connectivity index (χ3n) is 9.20. The average molecular weight is 694 g/mol. The molecular formula is C33H61F2N5O6S. The van der Waals surface area contributed by atoms with E-state index in [9.17, 15) is 36.7 Å². The first-order valence-corrected chi connectivity index (χ1v) is 19.2. The summed E-state index contributed by atoms with van der Waals surface area (Å²) < 4.78 is 54.0. The minimum absolute atomic E-state index is 0.0724. The predicted octanol–water partition coefficient (Wildman–Crippen LogP) is 3.28. The first-order valence-electron chi connectivity index (χ1n) is 17.5. The number of aliphatic hydroxyl groups excluding tert-OH is 1. The van der Waals surface area contributed by atoms with Gasteiger partial charge in [0.1, 0.15) is 12.3 Å². The Morgan fingerprint density at radius 3 is 1.87 bits per heavy atom. The highest BCUT2D eigenvalue weighted by Gasteiger charge is 2.42. The van der Waals surface area contributed by atoms with Gasteiger partial charge in [0.25, 0.3) is 0 Å². The number of hydrazine groups is 1. The second kappa shape index (κ2) is 19.3. The molecule has 0 aromatic heterocycles. The summed E-state index contributed by atoms with van der Waals surface area (Å²) in [6.45, 7) is 10.5. The largest absolute Gasteiger partial charge is 0.390 e. The van der Waals surface area contributed by atoms with Gasteiger partial charge in [0.2, 0.25) is 27.7 Å². The monoisotopic (exact) mass is 693 g/mol. The molecule has 0 heterocycles. The van der Waals surface area contributed by atoms with Crippen LogP contribution in [0.4, 0.5) is 8.78 Å². The zero-order valence-electron chi connectivity index (χ0n) is 29.6. The van der Waals surface area contributed by atoms with Crippen LogP contribution in [0.15, 0.2) is 0 Å². The molecule has 7 atom stereocenters. The van der Waals surface area contributed by atoms with Crippen LogP contribution in [0.2, 0.25) is 0 Å². The molecule has 0 aliphatic heterocycles. The number of hydrogen-bond donors (Lipinski definition) is 3. The van der Waals surface area contributed by atoms with Crippen molar-refractivity contribution in [3.05, 3.63) is 0 Å². The van der Waals surface area contributed by atoms with Crippen LogP contribution in [0.1, 0.15) is 92.4 Å². The zero-order chi connectivity index (χ0) is 35.5.